The predicted octanol–water partition coefficient (Wildman–Crippen LogP) is 3.07. The summed E-state index contributed by atoms with van der Waals surface area (Å²) in [6, 6.07) is 5.72. The minimum atomic E-state index is -0.0814. The molecule has 0 aromatic heterocycles. The van der Waals surface area contributed by atoms with E-state index in [0.29, 0.717) is 17.4 Å². The molecule has 4 atom stereocenters. The molecule has 4 rings (SSSR count). The van der Waals surface area contributed by atoms with Gasteiger partial charge in [0.1, 0.15) is 0 Å². The third-order valence-corrected chi connectivity index (χ3v) is 5.11. The van der Waals surface area contributed by atoms with Crippen molar-refractivity contribution in [3.63, 3.8) is 0 Å². The van der Waals surface area contributed by atoms with Gasteiger partial charge in [-0.2, -0.15) is 0 Å². The highest BCUT2D eigenvalue weighted by atomic mass is 16.1. The predicted molar refractivity (Wildman–Crippen MR) is 72.2 cm³/mol. The summed E-state index contributed by atoms with van der Waals surface area (Å²) in [7, 11) is 0. The second kappa shape index (κ2) is 3.66. The zero-order valence-electron chi connectivity index (χ0n) is 10.9. The highest BCUT2D eigenvalue weighted by molar-refractivity contribution is 6.17. The molecule has 3 aliphatic carbocycles. The van der Waals surface area contributed by atoms with Gasteiger partial charge in [0.05, 0.1) is 0 Å². The Bertz CT molecular complexity index is 626. The molecule has 0 N–H and O–H groups in total. The second-order valence-electron chi connectivity index (χ2n) is 5.92. The lowest BCUT2D eigenvalue weighted by molar-refractivity contribution is 0.0719. The first kappa shape index (κ1) is 11.2. The second-order valence-corrected chi connectivity index (χ2v) is 5.92. The van der Waals surface area contributed by atoms with Gasteiger partial charge in [0.15, 0.2) is 11.6 Å². The molecule has 3 aliphatic rings. The van der Waals surface area contributed by atoms with Crippen LogP contribution in [0.15, 0.2) is 30.4 Å². The van der Waals surface area contributed by atoms with E-state index in [0.717, 1.165) is 24.0 Å². The number of allylic oxidation sites excluding steroid dienone is 2. The van der Waals surface area contributed by atoms with E-state index in [4.69, 9.17) is 0 Å². The number of fused-ring (bicyclic) bond motifs is 6. The summed E-state index contributed by atoms with van der Waals surface area (Å²) in [5.41, 5.74) is 2.42. The molecule has 96 valence electrons. The van der Waals surface area contributed by atoms with Crippen LogP contribution in [0, 0.1) is 23.7 Å². The number of carbonyl (C=O) groups is 2. The normalized spacial score (nSPS) is 34.6. The van der Waals surface area contributed by atoms with Crippen molar-refractivity contribution < 1.29 is 9.59 Å². The van der Waals surface area contributed by atoms with Gasteiger partial charge in [-0.3, -0.25) is 9.59 Å². The number of Topliss-reactive ketones (excluding diaryl/α,β-unsaturated/α-hetero) is 2. The van der Waals surface area contributed by atoms with E-state index in [1.54, 1.807) is 0 Å². The molecule has 1 fully saturated rings. The Morgan fingerprint density at radius 2 is 1.74 bits per heavy atom. The molecule has 2 heteroatoms. The fourth-order valence-corrected chi connectivity index (χ4v) is 4.27. The zero-order valence-corrected chi connectivity index (χ0v) is 10.9. The van der Waals surface area contributed by atoms with Crippen molar-refractivity contribution in [2.24, 2.45) is 23.7 Å². The molecule has 0 aliphatic heterocycles. The number of benzene rings is 1. The maximum absolute atomic E-state index is 12.8. The summed E-state index contributed by atoms with van der Waals surface area (Å²) in [4.78, 5) is 25.5. The molecular formula is C17H16O2. The number of hydrogen-bond donors (Lipinski definition) is 0. The van der Waals surface area contributed by atoms with Crippen LogP contribution in [0.5, 0.6) is 0 Å². The average Bonchev–Trinajstić information content (AvgIpc) is 3.04. The molecule has 4 unspecified atom stereocenters. The summed E-state index contributed by atoms with van der Waals surface area (Å²) >= 11 is 0. The van der Waals surface area contributed by atoms with Gasteiger partial charge < -0.3 is 0 Å². The van der Waals surface area contributed by atoms with E-state index in [1.807, 2.05) is 25.1 Å². The lowest BCUT2D eigenvalue weighted by atomic mass is 9.68. The summed E-state index contributed by atoms with van der Waals surface area (Å²) in [5, 5.41) is 0. The molecule has 1 aromatic carbocycles. The number of ketones is 2. The topological polar surface area (TPSA) is 34.1 Å². The van der Waals surface area contributed by atoms with Crippen LogP contribution in [0.3, 0.4) is 0 Å². The van der Waals surface area contributed by atoms with Crippen molar-refractivity contribution in [1.29, 1.82) is 0 Å². The zero-order chi connectivity index (χ0) is 13.1. The van der Waals surface area contributed by atoms with E-state index >= 15 is 0 Å². The third-order valence-electron chi connectivity index (χ3n) is 5.11. The van der Waals surface area contributed by atoms with Gasteiger partial charge in [-0.05, 0) is 30.2 Å². The van der Waals surface area contributed by atoms with Crippen molar-refractivity contribution >= 4 is 11.6 Å². The Morgan fingerprint density at radius 3 is 2.42 bits per heavy atom. The Labute approximate surface area is 112 Å². The number of carbonyl (C=O) groups excluding carboxylic acids is 2. The fourth-order valence-electron chi connectivity index (χ4n) is 4.27. The largest absolute Gasteiger partial charge is 0.294 e. The first-order valence-electron chi connectivity index (χ1n) is 7.11. The maximum atomic E-state index is 12.8. The minimum Gasteiger partial charge on any atom is -0.294 e. The third kappa shape index (κ3) is 1.27. The van der Waals surface area contributed by atoms with Crippen molar-refractivity contribution in [2.75, 3.05) is 0 Å². The molecule has 1 aromatic rings. The Hall–Kier alpha value is -1.70. The van der Waals surface area contributed by atoms with Crippen LogP contribution in [0.2, 0.25) is 0 Å². The van der Waals surface area contributed by atoms with E-state index in [2.05, 4.69) is 12.2 Å². The van der Waals surface area contributed by atoms with E-state index < -0.39 is 0 Å². The lowest BCUT2D eigenvalue weighted by Crippen LogP contribution is -2.39. The van der Waals surface area contributed by atoms with Gasteiger partial charge in [-0.15, -0.1) is 0 Å². The molecule has 0 spiro atoms. The van der Waals surface area contributed by atoms with Crippen molar-refractivity contribution in [3.8, 4) is 0 Å². The number of rotatable bonds is 1. The van der Waals surface area contributed by atoms with Gasteiger partial charge >= 0.3 is 0 Å². The van der Waals surface area contributed by atoms with Crippen LogP contribution >= 0.6 is 0 Å². The molecule has 2 bridgehead atoms. The standard InChI is InChI=1S/C17H16O2/c1-2-9-4-3-5-12-13(9)17(19)15-11-7-6-10(8-11)14(15)16(12)18/h3-7,10-11,14-15H,2,8H2,1H3. The molecule has 0 radical (unpaired) electrons. The van der Waals surface area contributed by atoms with E-state index in [-0.39, 0.29) is 23.4 Å². The number of hydrogen-bond acceptors (Lipinski definition) is 2. The maximum Gasteiger partial charge on any atom is 0.168 e. The fraction of sp³-hybridized carbons (Fsp3) is 0.412. The molecule has 19 heavy (non-hydrogen) atoms. The molecule has 1 saturated carbocycles. The SMILES string of the molecule is CCc1cccc2c1C(=O)C1C3C=CC(C3)C1C2=O. The van der Waals surface area contributed by atoms with Crippen LogP contribution in [0.4, 0.5) is 0 Å². The first-order valence-corrected chi connectivity index (χ1v) is 7.11. The molecule has 0 saturated heterocycles. The van der Waals surface area contributed by atoms with Crippen molar-refractivity contribution in [2.45, 2.75) is 19.8 Å². The summed E-state index contributed by atoms with van der Waals surface area (Å²) in [6.07, 6.45) is 6.09. The van der Waals surface area contributed by atoms with Gasteiger partial charge in [-0.25, -0.2) is 0 Å². The van der Waals surface area contributed by atoms with Crippen molar-refractivity contribution in [1.82, 2.24) is 0 Å². The number of aryl methyl sites for hydroxylation is 1. The van der Waals surface area contributed by atoms with E-state index in [9.17, 15) is 9.59 Å². The molecule has 0 heterocycles. The highest BCUT2D eigenvalue weighted by Gasteiger charge is 2.54. The van der Waals surface area contributed by atoms with Crippen LogP contribution in [0.1, 0.15) is 39.6 Å². The summed E-state index contributed by atoms with van der Waals surface area (Å²) < 4.78 is 0. The Kier molecular flexibility index (Phi) is 2.15. The Balaban J connectivity index is 1.94. The van der Waals surface area contributed by atoms with Crippen LogP contribution in [-0.4, -0.2) is 11.6 Å². The van der Waals surface area contributed by atoms with Crippen LogP contribution < -0.4 is 0 Å². The lowest BCUT2D eigenvalue weighted by Gasteiger charge is -2.32. The molecule has 0 amide bonds. The van der Waals surface area contributed by atoms with Crippen molar-refractivity contribution in [3.05, 3.63) is 47.0 Å². The summed E-state index contributed by atoms with van der Waals surface area (Å²) in [6.45, 7) is 2.04. The van der Waals surface area contributed by atoms with Gasteiger partial charge in [-0.1, -0.05) is 37.3 Å². The summed E-state index contributed by atoms with van der Waals surface area (Å²) in [5.74, 6) is 0.847. The van der Waals surface area contributed by atoms with Gasteiger partial charge in [0.25, 0.3) is 0 Å². The van der Waals surface area contributed by atoms with Crippen LogP contribution in [0.25, 0.3) is 0 Å². The highest BCUT2D eigenvalue weighted by Crippen LogP contribution is 2.53. The Morgan fingerprint density at radius 1 is 1.05 bits per heavy atom. The first-order chi connectivity index (χ1) is 9.22. The monoisotopic (exact) mass is 252 g/mol. The smallest absolute Gasteiger partial charge is 0.168 e. The average molecular weight is 252 g/mol. The quantitative estimate of drug-likeness (QED) is 0.720. The van der Waals surface area contributed by atoms with E-state index in [1.165, 1.54) is 0 Å². The molecule has 2 nitrogen and oxygen atoms in total. The van der Waals surface area contributed by atoms with Crippen LogP contribution in [-0.2, 0) is 6.42 Å². The minimum absolute atomic E-state index is 0.0808. The van der Waals surface area contributed by atoms with Gasteiger partial charge in [0.2, 0.25) is 0 Å². The molecular weight excluding hydrogens is 236 g/mol. The van der Waals surface area contributed by atoms with Gasteiger partial charge in [0, 0.05) is 23.0 Å².